The van der Waals surface area contributed by atoms with Crippen LogP contribution in [-0.2, 0) is 11.3 Å². The lowest BCUT2D eigenvalue weighted by atomic mass is 10.3. The number of nitrogen functional groups attached to an aromatic ring is 1. The number of anilines is 2. The molecule has 0 aliphatic carbocycles. The summed E-state index contributed by atoms with van der Waals surface area (Å²) in [6.45, 7) is 1.19. The van der Waals surface area contributed by atoms with Crippen molar-refractivity contribution in [1.29, 1.82) is 0 Å². The number of nitrogens with zero attached hydrogens (tertiary/aromatic N) is 2. The van der Waals surface area contributed by atoms with E-state index in [0.717, 1.165) is 16.7 Å². The van der Waals surface area contributed by atoms with Crippen LogP contribution in [-0.4, -0.2) is 15.5 Å². The van der Waals surface area contributed by atoms with Crippen LogP contribution in [0.3, 0.4) is 0 Å². The smallest absolute Gasteiger partial charge is 0.255 e. The van der Waals surface area contributed by atoms with Crippen molar-refractivity contribution in [2.75, 3.05) is 11.1 Å². The van der Waals surface area contributed by atoms with Gasteiger partial charge in [0.1, 0.15) is 18.2 Å². The zero-order valence-electron chi connectivity index (χ0n) is 11.1. The lowest BCUT2D eigenvalue weighted by molar-refractivity contribution is -0.116. The van der Waals surface area contributed by atoms with Crippen LogP contribution in [0.5, 0.6) is 0 Å². The fourth-order valence-electron chi connectivity index (χ4n) is 1.77. The van der Waals surface area contributed by atoms with Crippen molar-refractivity contribution in [3.05, 3.63) is 51.9 Å². The molecule has 1 aromatic heterocycles. The van der Waals surface area contributed by atoms with Crippen molar-refractivity contribution >= 4 is 17.5 Å². The zero-order valence-corrected chi connectivity index (χ0v) is 11.1. The second-order valence-electron chi connectivity index (χ2n) is 4.39. The fourth-order valence-corrected chi connectivity index (χ4v) is 1.77. The van der Waals surface area contributed by atoms with Crippen molar-refractivity contribution in [3.63, 3.8) is 0 Å². The standard InChI is InChI=1S/C13H12F2N4O2/c1-7-2-12(21)19(13(16)17-7)6-11(20)18-10-4-8(14)3-9(15)5-10/h2-5H,6H2,1H3,(H2,16,17)(H,18,20). The first-order valence-electron chi connectivity index (χ1n) is 5.95. The second kappa shape index (κ2) is 5.70. The Morgan fingerprint density at radius 2 is 1.90 bits per heavy atom. The topological polar surface area (TPSA) is 90.0 Å². The van der Waals surface area contributed by atoms with Gasteiger partial charge in [-0.05, 0) is 19.1 Å². The molecular formula is C13H12F2N4O2. The van der Waals surface area contributed by atoms with Gasteiger partial charge in [0, 0.05) is 23.5 Å². The molecule has 1 heterocycles. The predicted octanol–water partition coefficient (Wildman–Crippen LogP) is 1.05. The van der Waals surface area contributed by atoms with Gasteiger partial charge in [-0.1, -0.05) is 0 Å². The molecule has 0 radical (unpaired) electrons. The average Bonchev–Trinajstić information content (AvgIpc) is 2.32. The molecule has 1 aromatic carbocycles. The van der Waals surface area contributed by atoms with Gasteiger partial charge in [0.25, 0.3) is 5.56 Å². The van der Waals surface area contributed by atoms with Crippen LogP contribution >= 0.6 is 0 Å². The fraction of sp³-hybridized carbons (Fsp3) is 0.154. The number of carbonyl (C=O) groups is 1. The normalized spacial score (nSPS) is 10.4. The third-order valence-corrected chi connectivity index (χ3v) is 2.61. The van der Waals surface area contributed by atoms with Gasteiger partial charge in [-0.15, -0.1) is 0 Å². The van der Waals surface area contributed by atoms with E-state index in [4.69, 9.17) is 5.73 Å². The Hall–Kier alpha value is -2.77. The number of hydrogen-bond acceptors (Lipinski definition) is 4. The second-order valence-corrected chi connectivity index (χ2v) is 4.39. The number of rotatable bonds is 3. The van der Waals surface area contributed by atoms with Crippen LogP contribution in [0.25, 0.3) is 0 Å². The number of nitrogens with two attached hydrogens (primary N) is 1. The molecule has 0 bridgehead atoms. The van der Waals surface area contributed by atoms with Crippen LogP contribution in [0.15, 0.2) is 29.1 Å². The lowest BCUT2D eigenvalue weighted by Crippen LogP contribution is -2.30. The molecule has 0 spiro atoms. The van der Waals surface area contributed by atoms with Gasteiger partial charge in [-0.2, -0.15) is 0 Å². The third-order valence-electron chi connectivity index (χ3n) is 2.61. The quantitative estimate of drug-likeness (QED) is 0.885. The first-order valence-corrected chi connectivity index (χ1v) is 5.95. The highest BCUT2D eigenvalue weighted by Gasteiger charge is 2.10. The van der Waals surface area contributed by atoms with Gasteiger partial charge < -0.3 is 11.1 Å². The van der Waals surface area contributed by atoms with E-state index in [1.165, 1.54) is 6.07 Å². The zero-order chi connectivity index (χ0) is 15.6. The predicted molar refractivity (Wildman–Crippen MR) is 72.6 cm³/mol. The molecule has 0 unspecified atom stereocenters. The molecule has 0 atom stereocenters. The molecule has 0 saturated carbocycles. The van der Waals surface area contributed by atoms with E-state index in [0.29, 0.717) is 11.8 Å². The molecular weight excluding hydrogens is 282 g/mol. The van der Waals surface area contributed by atoms with Crippen LogP contribution in [0.2, 0.25) is 0 Å². The molecule has 1 amide bonds. The summed E-state index contributed by atoms with van der Waals surface area (Å²) >= 11 is 0. The summed E-state index contributed by atoms with van der Waals surface area (Å²) in [7, 11) is 0. The SMILES string of the molecule is Cc1cc(=O)n(CC(=O)Nc2cc(F)cc(F)c2)c(N)n1. The summed E-state index contributed by atoms with van der Waals surface area (Å²) in [4.78, 5) is 27.4. The van der Waals surface area contributed by atoms with Crippen LogP contribution < -0.4 is 16.6 Å². The van der Waals surface area contributed by atoms with Gasteiger partial charge in [-0.25, -0.2) is 13.8 Å². The number of benzene rings is 1. The molecule has 0 aliphatic heterocycles. The Bertz CT molecular complexity index is 738. The Morgan fingerprint density at radius 1 is 1.29 bits per heavy atom. The number of aryl methyl sites for hydroxylation is 1. The highest BCUT2D eigenvalue weighted by atomic mass is 19.1. The number of nitrogens with one attached hydrogen (secondary N) is 1. The summed E-state index contributed by atoms with van der Waals surface area (Å²) in [5, 5.41) is 2.28. The van der Waals surface area contributed by atoms with Crippen LogP contribution in [0, 0.1) is 18.6 Å². The van der Waals surface area contributed by atoms with Gasteiger partial charge in [-0.3, -0.25) is 14.2 Å². The maximum absolute atomic E-state index is 13.0. The van der Waals surface area contributed by atoms with Crippen molar-refractivity contribution < 1.29 is 13.6 Å². The van der Waals surface area contributed by atoms with Gasteiger partial charge in [0.2, 0.25) is 11.9 Å². The molecule has 0 fully saturated rings. The highest BCUT2D eigenvalue weighted by molar-refractivity contribution is 5.90. The summed E-state index contributed by atoms with van der Waals surface area (Å²) < 4.78 is 27.0. The van der Waals surface area contributed by atoms with Gasteiger partial charge in [0.05, 0.1) is 0 Å². The Balaban J connectivity index is 2.17. The van der Waals surface area contributed by atoms with Crippen LogP contribution in [0.4, 0.5) is 20.4 Å². The lowest BCUT2D eigenvalue weighted by Gasteiger charge is -2.10. The van der Waals surface area contributed by atoms with Crippen molar-refractivity contribution in [2.45, 2.75) is 13.5 Å². The van der Waals surface area contributed by atoms with E-state index in [-0.39, 0.29) is 11.6 Å². The Labute approximate surface area is 118 Å². The Morgan fingerprint density at radius 3 is 2.48 bits per heavy atom. The van der Waals surface area contributed by atoms with Crippen molar-refractivity contribution in [3.8, 4) is 0 Å². The summed E-state index contributed by atoms with van der Waals surface area (Å²) in [5.41, 5.74) is 5.46. The molecule has 0 saturated heterocycles. The molecule has 3 N–H and O–H groups in total. The summed E-state index contributed by atoms with van der Waals surface area (Å²) in [6, 6.07) is 3.83. The third kappa shape index (κ3) is 3.62. The van der Waals surface area contributed by atoms with E-state index in [2.05, 4.69) is 10.3 Å². The number of hydrogen-bond donors (Lipinski definition) is 2. The number of carbonyl (C=O) groups excluding carboxylic acids is 1. The van der Waals surface area contributed by atoms with E-state index in [1.807, 2.05) is 0 Å². The van der Waals surface area contributed by atoms with Crippen LogP contribution in [0.1, 0.15) is 5.69 Å². The number of halogens is 2. The largest absolute Gasteiger partial charge is 0.369 e. The molecule has 6 nitrogen and oxygen atoms in total. The summed E-state index contributed by atoms with van der Waals surface area (Å²) in [6.07, 6.45) is 0. The first kappa shape index (κ1) is 14.6. The maximum Gasteiger partial charge on any atom is 0.255 e. The molecule has 2 aromatic rings. The first-order chi connectivity index (χ1) is 9.85. The minimum absolute atomic E-state index is 0.0517. The molecule has 0 aliphatic rings. The minimum Gasteiger partial charge on any atom is -0.369 e. The highest BCUT2D eigenvalue weighted by Crippen LogP contribution is 2.12. The average molecular weight is 294 g/mol. The minimum atomic E-state index is -0.820. The van der Waals surface area contributed by atoms with E-state index >= 15 is 0 Å². The number of aromatic nitrogens is 2. The van der Waals surface area contributed by atoms with Gasteiger partial charge in [0.15, 0.2) is 0 Å². The molecule has 110 valence electrons. The van der Waals surface area contributed by atoms with Crippen molar-refractivity contribution in [2.24, 2.45) is 0 Å². The maximum atomic E-state index is 13.0. The van der Waals surface area contributed by atoms with E-state index in [1.54, 1.807) is 6.92 Å². The van der Waals surface area contributed by atoms with E-state index < -0.39 is 29.6 Å². The monoisotopic (exact) mass is 294 g/mol. The Kier molecular flexibility index (Phi) is 3.97. The molecule has 8 heteroatoms. The van der Waals surface area contributed by atoms with E-state index in [9.17, 15) is 18.4 Å². The molecule has 2 rings (SSSR count). The number of amides is 1. The summed E-state index contributed by atoms with van der Waals surface area (Å²) in [5.74, 6) is -2.40. The molecule has 21 heavy (non-hydrogen) atoms. The van der Waals surface area contributed by atoms with Gasteiger partial charge >= 0.3 is 0 Å². The van der Waals surface area contributed by atoms with Crippen molar-refractivity contribution in [1.82, 2.24) is 9.55 Å².